The molecule has 0 bridgehead atoms. The summed E-state index contributed by atoms with van der Waals surface area (Å²) in [5.74, 6) is 0.846. The van der Waals surface area contributed by atoms with Gasteiger partial charge in [-0.15, -0.1) is 14.8 Å². The lowest BCUT2D eigenvalue weighted by Crippen LogP contribution is -2.35. The van der Waals surface area contributed by atoms with E-state index in [1.54, 1.807) is 6.07 Å². The molecule has 2 heterocycles. The van der Waals surface area contributed by atoms with Crippen molar-refractivity contribution in [3.8, 4) is 0 Å². The fourth-order valence-corrected chi connectivity index (χ4v) is 1.72. The fraction of sp³-hybridized carbons (Fsp3) is 0.500. The monoisotopic (exact) mass is 264 g/mol. The predicted octanol–water partition coefficient (Wildman–Crippen LogP) is -0.272. The van der Waals surface area contributed by atoms with Gasteiger partial charge in [-0.05, 0) is 29.5 Å². The first-order valence-corrected chi connectivity index (χ1v) is 5.93. The van der Waals surface area contributed by atoms with Gasteiger partial charge in [-0.2, -0.15) is 0 Å². The second-order valence-corrected chi connectivity index (χ2v) is 4.18. The van der Waals surface area contributed by atoms with E-state index in [0.717, 1.165) is 12.4 Å². The average molecular weight is 264 g/mol. The van der Waals surface area contributed by atoms with Gasteiger partial charge in [0.1, 0.15) is 5.84 Å². The van der Waals surface area contributed by atoms with Crippen LogP contribution in [0, 0.1) is 5.92 Å². The number of rotatable bonds is 5. The molecule has 2 aromatic heterocycles. The summed E-state index contributed by atoms with van der Waals surface area (Å²) < 4.78 is 1.37. The van der Waals surface area contributed by atoms with Crippen molar-refractivity contribution >= 4 is 17.3 Å². The summed E-state index contributed by atoms with van der Waals surface area (Å²) in [5.41, 5.74) is 6.17. The molecule has 19 heavy (non-hydrogen) atoms. The van der Waals surface area contributed by atoms with Crippen LogP contribution in [0.25, 0.3) is 5.65 Å². The summed E-state index contributed by atoms with van der Waals surface area (Å²) in [6.07, 6.45) is 0. The zero-order valence-corrected chi connectivity index (χ0v) is 10.8. The summed E-state index contributed by atoms with van der Waals surface area (Å²) in [6, 6.07) is 3.63. The Balaban J connectivity index is 2.21. The molecule has 0 fully saturated rings. The van der Waals surface area contributed by atoms with Crippen molar-refractivity contribution < 1.29 is 5.21 Å². The molecule has 0 saturated heterocycles. The van der Waals surface area contributed by atoms with E-state index >= 15 is 0 Å². The van der Waals surface area contributed by atoms with Crippen molar-refractivity contribution in [2.24, 2.45) is 16.8 Å². The largest absolute Gasteiger partial charge is 0.409 e. The lowest BCUT2D eigenvalue weighted by molar-refractivity contribution is 0.314. The quantitative estimate of drug-likeness (QED) is 0.330. The molecule has 0 spiro atoms. The maximum absolute atomic E-state index is 8.67. The molecule has 0 saturated carbocycles. The van der Waals surface area contributed by atoms with E-state index in [1.165, 1.54) is 4.63 Å². The van der Waals surface area contributed by atoms with Gasteiger partial charge in [0, 0.05) is 19.0 Å². The number of nitrogens with two attached hydrogens (primary N) is 1. The Morgan fingerprint density at radius 1 is 1.58 bits per heavy atom. The van der Waals surface area contributed by atoms with Crippen molar-refractivity contribution in [3.05, 3.63) is 12.1 Å². The molecule has 0 aliphatic rings. The Bertz CT molecular complexity index is 580. The van der Waals surface area contributed by atoms with Gasteiger partial charge in [0.2, 0.25) is 0 Å². The smallest absolute Gasteiger partial charge is 0.200 e. The average Bonchev–Trinajstić information content (AvgIpc) is 2.90. The zero-order chi connectivity index (χ0) is 13.8. The molecule has 2 aromatic rings. The normalized spacial score (nSPS) is 13.7. The van der Waals surface area contributed by atoms with Crippen molar-refractivity contribution in [2.75, 3.05) is 18.0 Å². The van der Waals surface area contributed by atoms with Crippen molar-refractivity contribution in [1.29, 1.82) is 0 Å². The number of oxime groups is 1. The molecule has 0 aliphatic heterocycles. The number of tetrazole rings is 1. The first kappa shape index (κ1) is 13.0. The van der Waals surface area contributed by atoms with Crippen molar-refractivity contribution in [1.82, 2.24) is 25.3 Å². The van der Waals surface area contributed by atoms with Gasteiger partial charge in [0.15, 0.2) is 11.5 Å². The van der Waals surface area contributed by atoms with Crippen LogP contribution in [-0.2, 0) is 0 Å². The molecule has 1 atom stereocenters. The van der Waals surface area contributed by atoms with Crippen LogP contribution in [0.2, 0.25) is 0 Å². The third-order valence-corrected chi connectivity index (χ3v) is 2.88. The number of anilines is 1. The maximum Gasteiger partial charge on any atom is 0.200 e. The summed E-state index contributed by atoms with van der Waals surface area (Å²) in [4.78, 5) is 2.00. The van der Waals surface area contributed by atoms with E-state index < -0.39 is 0 Å². The Hall–Kier alpha value is -2.45. The SMILES string of the molecule is CCN(CC(C)C(N)=NO)c1ccc2nnnn2n1. The molecule has 9 nitrogen and oxygen atoms in total. The molecule has 1 unspecified atom stereocenters. The topological polar surface area (TPSA) is 118 Å². The number of amidine groups is 1. The molecule has 3 N–H and O–H groups in total. The van der Waals surface area contributed by atoms with Crippen LogP contribution in [0.3, 0.4) is 0 Å². The Morgan fingerprint density at radius 2 is 2.37 bits per heavy atom. The van der Waals surface area contributed by atoms with Gasteiger partial charge in [-0.3, -0.25) is 0 Å². The van der Waals surface area contributed by atoms with Gasteiger partial charge in [-0.25, -0.2) is 0 Å². The van der Waals surface area contributed by atoms with Crippen LogP contribution in [0.5, 0.6) is 0 Å². The van der Waals surface area contributed by atoms with Crippen LogP contribution in [0.4, 0.5) is 5.82 Å². The maximum atomic E-state index is 8.67. The van der Waals surface area contributed by atoms with Crippen LogP contribution < -0.4 is 10.6 Å². The second-order valence-electron chi connectivity index (χ2n) is 4.18. The van der Waals surface area contributed by atoms with E-state index in [4.69, 9.17) is 10.9 Å². The summed E-state index contributed by atoms with van der Waals surface area (Å²) in [5, 5.41) is 27.1. The highest BCUT2D eigenvalue weighted by molar-refractivity contribution is 5.82. The van der Waals surface area contributed by atoms with Crippen LogP contribution in [-0.4, -0.2) is 49.4 Å². The van der Waals surface area contributed by atoms with E-state index in [2.05, 4.69) is 25.8 Å². The number of aromatic nitrogens is 5. The zero-order valence-electron chi connectivity index (χ0n) is 10.8. The lowest BCUT2D eigenvalue weighted by Gasteiger charge is -2.24. The van der Waals surface area contributed by atoms with Gasteiger partial charge in [0.25, 0.3) is 0 Å². The van der Waals surface area contributed by atoms with E-state index in [0.29, 0.717) is 12.2 Å². The summed E-state index contributed by atoms with van der Waals surface area (Å²) in [7, 11) is 0. The first-order valence-electron chi connectivity index (χ1n) is 5.93. The molecule has 0 aliphatic carbocycles. The van der Waals surface area contributed by atoms with Crippen molar-refractivity contribution in [3.63, 3.8) is 0 Å². The predicted molar refractivity (Wildman–Crippen MR) is 69.0 cm³/mol. The van der Waals surface area contributed by atoms with E-state index in [9.17, 15) is 0 Å². The Morgan fingerprint density at radius 3 is 3.05 bits per heavy atom. The third-order valence-electron chi connectivity index (χ3n) is 2.88. The Labute approximate surface area is 109 Å². The molecule has 2 rings (SSSR count). The number of hydrogen-bond acceptors (Lipinski definition) is 7. The molecule has 0 aromatic carbocycles. The van der Waals surface area contributed by atoms with Crippen molar-refractivity contribution in [2.45, 2.75) is 13.8 Å². The fourth-order valence-electron chi connectivity index (χ4n) is 1.72. The molecule has 0 amide bonds. The summed E-state index contributed by atoms with van der Waals surface area (Å²) >= 11 is 0. The number of fused-ring (bicyclic) bond motifs is 1. The van der Waals surface area contributed by atoms with Gasteiger partial charge in [-0.1, -0.05) is 12.1 Å². The lowest BCUT2D eigenvalue weighted by atomic mass is 10.1. The molecular weight excluding hydrogens is 248 g/mol. The van der Waals surface area contributed by atoms with Gasteiger partial charge in [0.05, 0.1) is 0 Å². The third kappa shape index (κ3) is 2.69. The number of hydrogen-bond donors (Lipinski definition) is 2. The molecule has 9 heteroatoms. The summed E-state index contributed by atoms with van der Waals surface area (Å²) in [6.45, 7) is 5.22. The highest BCUT2D eigenvalue weighted by Gasteiger charge is 2.15. The highest BCUT2D eigenvalue weighted by atomic mass is 16.4. The van der Waals surface area contributed by atoms with Crippen LogP contribution in [0.15, 0.2) is 17.3 Å². The second kappa shape index (κ2) is 5.46. The molecule has 0 radical (unpaired) electrons. The minimum absolute atomic E-state index is 0.0867. The number of nitrogens with zero attached hydrogens (tertiary/aromatic N) is 7. The first-order chi connectivity index (χ1) is 9.15. The van der Waals surface area contributed by atoms with Gasteiger partial charge >= 0.3 is 0 Å². The van der Waals surface area contributed by atoms with E-state index in [-0.39, 0.29) is 11.8 Å². The van der Waals surface area contributed by atoms with Crippen LogP contribution in [0.1, 0.15) is 13.8 Å². The standard InChI is InChI=1S/C10H16N8O/c1-3-17(6-7(2)10(11)14-19)9-5-4-8-12-15-16-18(8)13-9/h4-5,7,19H,3,6H2,1-2H3,(H2,11,14). The molecule has 102 valence electrons. The van der Waals surface area contributed by atoms with Crippen LogP contribution >= 0.6 is 0 Å². The highest BCUT2D eigenvalue weighted by Crippen LogP contribution is 2.12. The molecular formula is C10H16N8O. The minimum Gasteiger partial charge on any atom is -0.409 e. The van der Waals surface area contributed by atoms with Gasteiger partial charge < -0.3 is 15.8 Å². The minimum atomic E-state index is -0.0867. The Kier molecular flexibility index (Phi) is 3.74. The van der Waals surface area contributed by atoms with E-state index in [1.807, 2.05) is 24.8 Å².